The molecule has 0 radical (unpaired) electrons. The number of aromatic nitrogens is 3. The van der Waals surface area contributed by atoms with Crippen molar-refractivity contribution in [2.75, 3.05) is 12.4 Å². The SMILES string of the molecule is COc1cn(Cc2cc(F)c(F)c(F)c2)c(Nc2cc3sc(C)nc3cc2C)nc1=O. The fourth-order valence-electron chi connectivity index (χ4n) is 3.18. The first-order chi connectivity index (χ1) is 14.7. The van der Waals surface area contributed by atoms with Crippen molar-refractivity contribution in [1.29, 1.82) is 0 Å². The zero-order valence-electron chi connectivity index (χ0n) is 16.8. The molecular formula is C21H17F3N4O2S. The normalized spacial score (nSPS) is 11.2. The van der Waals surface area contributed by atoms with Crippen LogP contribution in [0.3, 0.4) is 0 Å². The Bertz CT molecular complexity index is 1340. The molecule has 2 heterocycles. The van der Waals surface area contributed by atoms with Gasteiger partial charge >= 0.3 is 5.56 Å². The number of methoxy groups -OCH3 is 1. The highest BCUT2D eigenvalue weighted by atomic mass is 32.1. The molecule has 1 N–H and O–H groups in total. The monoisotopic (exact) mass is 446 g/mol. The van der Waals surface area contributed by atoms with E-state index in [1.807, 2.05) is 26.0 Å². The first-order valence-electron chi connectivity index (χ1n) is 9.19. The summed E-state index contributed by atoms with van der Waals surface area (Å²) in [6.45, 7) is 3.71. The van der Waals surface area contributed by atoms with E-state index in [0.717, 1.165) is 32.9 Å². The molecule has 2 aromatic carbocycles. The minimum absolute atomic E-state index is 0.0427. The minimum Gasteiger partial charge on any atom is -0.490 e. The lowest BCUT2D eigenvalue weighted by Crippen LogP contribution is -2.19. The predicted molar refractivity (Wildman–Crippen MR) is 113 cm³/mol. The van der Waals surface area contributed by atoms with E-state index in [9.17, 15) is 18.0 Å². The van der Waals surface area contributed by atoms with E-state index in [2.05, 4.69) is 15.3 Å². The Hall–Kier alpha value is -3.40. The number of hydrogen-bond donors (Lipinski definition) is 1. The molecule has 6 nitrogen and oxygen atoms in total. The molecule has 0 saturated carbocycles. The van der Waals surface area contributed by atoms with Gasteiger partial charge in [-0.2, -0.15) is 4.98 Å². The second-order valence-corrected chi connectivity index (χ2v) is 8.17. The van der Waals surface area contributed by atoms with E-state index in [4.69, 9.17) is 4.74 Å². The Kier molecular flexibility index (Phi) is 5.40. The van der Waals surface area contributed by atoms with Gasteiger partial charge in [0.15, 0.2) is 17.5 Å². The predicted octanol–water partition coefficient (Wildman–Crippen LogP) is 4.69. The second-order valence-electron chi connectivity index (χ2n) is 6.93. The first kappa shape index (κ1) is 20.9. The van der Waals surface area contributed by atoms with Gasteiger partial charge in [0.05, 0.1) is 35.1 Å². The van der Waals surface area contributed by atoms with Gasteiger partial charge in [-0.15, -0.1) is 11.3 Å². The maximum atomic E-state index is 13.7. The third kappa shape index (κ3) is 4.11. The van der Waals surface area contributed by atoms with E-state index in [-0.39, 0.29) is 23.8 Å². The zero-order chi connectivity index (χ0) is 22.3. The van der Waals surface area contributed by atoms with Crippen LogP contribution in [0.25, 0.3) is 10.2 Å². The van der Waals surface area contributed by atoms with Crippen LogP contribution in [0.4, 0.5) is 24.8 Å². The Labute approximate surface area is 179 Å². The molecule has 2 aromatic heterocycles. The molecule has 160 valence electrons. The van der Waals surface area contributed by atoms with Crippen LogP contribution in [0.1, 0.15) is 16.1 Å². The van der Waals surface area contributed by atoms with Crippen molar-refractivity contribution in [3.8, 4) is 5.75 Å². The van der Waals surface area contributed by atoms with Crippen molar-refractivity contribution in [1.82, 2.24) is 14.5 Å². The smallest absolute Gasteiger partial charge is 0.316 e. The van der Waals surface area contributed by atoms with Gasteiger partial charge in [0.1, 0.15) is 0 Å². The number of nitrogens with zero attached hydrogens (tertiary/aromatic N) is 3. The molecule has 10 heteroatoms. The molecule has 0 fully saturated rings. The number of nitrogens with one attached hydrogen (secondary N) is 1. The lowest BCUT2D eigenvalue weighted by atomic mass is 10.2. The number of aryl methyl sites for hydroxylation is 2. The number of benzene rings is 2. The average molecular weight is 446 g/mol. The molecule has 0 aliphatic heterocycles. The van der Waals surface area contributed by atoms with Crippen LogP contribution in [-0.2, 0) is 6.54 Å². The standard InChI is InChI=1S/C21H17F3N4O2S/c1-10-4-16-18(31-11(2)25-16)7-15(10)26-21-27-20(29)17(30-3)9-28(21)8-12-5-13(22)19(24)14(23)6-12/h4-7,9H,8H2,1-3H3,(H,26,27,29). The summed E-state index contributed by atoms with van der Waals surface area (Å²) in [6, 6.07) is 5.60. The molecule has 0 atom stereocenters. The highest BCUT2D eigenvalue weighted by Crippen LogP contribution is 2.29. The van der Waals surface area contributed by atoms with Crippen LogP contribution in [-0.4, -0.2) is 21.6 Å². The summed E-state index contributed by atoms with van der Waals surface area (Å²) in [7, 11) is 1.32. The average Bonchev–Trinajstić information content (AvgIpc) is 3.06. The minimum atomic E-state index is -1.54. The highest BCUT2D eigenvalue weighted by molar-refractivity contribution is 7.18. The van der Waals surface area contributed by atoms with Gasteiger partial charge in [0.25, 0.3) is 0 Å². The summed E-state index contributed by atoms with van der Waals surface area (Å²) in [5.41, 5.74) is 1.97. The van der Waals surface area contributed by atoms with Crippen LogP contribution in [0, 0.1) is 31.3 Å². The van der Waals surface area contributed by atoms with Crippen molar-refractivity contribution in [2.24, 2.45) is 0 Å². The highest BCUT2D eigenvalue weighted by Gasteiger charge is 2.15. The van der Waals surface area contributed by atoms with Crippen molar-refractivity contribution < 1.29 is 17.9 Å². The molecule has 4 aromatic rings. The lowest BCUT2D eigenvalue weighted by molar-refractivity contribution is 0.402. The van der Waals surface area contributed by atoms with E-state index in [0.29, 0.717) is 5.69 Å². The molecule has 0 amide bonds. The van der Waals surface area contributed by atoms with Gasteiger partial charge in [-0.05, 0) is 49.2 Å². The van der Waals surface area contributed by atoms with Crippen molar-refractivity contribution >= 4 is 33.2 Å². The maximum Gasteiger partial charge on any atom is 0.316 e. The van der Waals surface area contributed by atoms with Gasteiger partial charge < -0.3 is 14.6 Å². The number of anilines is 2. The summed E-state index contributed by atoms with van der Waals surface area (Å²) in [4.78, 5) is 20.7. The largest absolute Gasteiger partial charge is 0.490 e. The molecule has 0 spiro atoms. The van der Waals surface area contributed by atoms with Crippen molar-refractivity contribution in [3.63, 3.8) is 0 Å². The quantitative estimate of drug-likeness (QED) is 0.451. The summed E-state index contributed by atoms with van der Waals surface area (Å²) < 4.78 is 48.1. The number of halogens is 3. The van der Waals surface area contributed by atoms with Gasteiger partial charge in [-0.25, -0.2) is 18.2 Å². The third-order valence-electron chi connectivity index (χ3n) is 4.67. The second kappa shape index (κ2) is 8.03. The van der Waals surface area contributed by atoms with E-state index in [1.54, 1.807) is 0 Å². The first-order valence-corrected chi connectivity index (χ1v) is 10.0. The van der Waals surface area contributed by atoms with Gasteiger partial charge in [0.2, 0.25) is 11.7 Å². The number of hydrogen-bond acceptors (Lipinski definition) is 6. The summed E-state index contributed by atoms with van der Waals surface area (Å²) in [5.74, 6) is -4.04. The van der Waals surface area contributed by atoms with Crippen LogP contribution in [0.15, 0.2) is 35.3 Å². The van der Waals surface area contributed by atoms with E-state index >= 15 is 0 Å². The maximum absolute atomic E-state index is 13.7. The summed E-state index contributed by atoms with van der Waals surface area (Å²) in [5, 5.41) is 4.03. The topological polar surface area (TPSA) is 69.0 Å². The molecule has 4 rings (SSSR count). The van der Waals surface area contributed by atoms with Crippen LogP contribution >= 0.6 is 11.3 Å². The Morgan fingerprint density at radius 3 is 2.48 bits per heavy atom. The lowest BCUT2D eigenvalue weighted by Gasteiger charge is -2.16. The summed E-state index contributed by atoms with van der Waals surface area (Å²) >= 11 is 1.53. The van der Waals surface area contributed by atoms with Crippen LogP contribution in [0.2, 0.25) is 0 Å². The van der Waals surface area contributed by atoms with E-state index < -0.39 is 23.0 Å². The van der Waals surface area contributed by atoms with Crippen molar-refractivity contribution in [3.05, 3.63) is 74.4 Å². The Balaban J connectivity index is 1.78. The zero-order valence-corrected chi connectivity index (χ0v) is 17.6. The third-order valence-corrected chi connectivity index (χ3v) is 5.60. The fraction of sp³-hybridized carbons (Fsp3) is 0.190. The molecular weight excluding hydrogens is 429 g/mol. The molecule has 0 bridgehead atoms. The van der Waals surface area contributed by atoms with Gasteiger partial charge in [-0.3, -0.25) is 4.79 Å². The summed E-state index contributed by atoms with van der Waals surface area (Å²) in [6.07, 6.45) is 1.38. The van der Waals surface area contributed by atoms with Crippen LogP contribution in [0.5, 0.6) is 5.75 Å². The molecule has 0 aliphatic carbocycles. The Morgan fingerprint density at radius 1 is 1.10 bits per heavy atom. The molecule has 0 unspecified atom stereocenters. The van der Waals surface area contributed by atoms with Crippen LogP contribution < -0.4 is 15.6 Å². The fourth-order valence-corrected chi connectivity index (χ4v) is 4.03. The number of ether oxygens (including phenoxy) is 1. The van der Waals surface area contributed by atoms with Crippen molar-refractivity contribution in [2.45, 2.75) is 20.4 Å². The van der Waals surface area contributed by atoms with Gasteiger partial charge in [-0.1, -0.05) is 0 Å². The molecule has 0 saturated heterocycles. The Morgan fingerprint density at radius 2 is 1.81 bits per heavy atom. The number of fused-ring (bicyclic) bond motifs is 1. The molecule has 0 aliphatic rings. The number of thiazole rings is 1. The molecule has 31 heavy (non-hydrogen) atoms. The van der Waals surface area contributed by atoms with E-state index in [1.165, 1.54) is 29.2 Å². The number of rotatable bonds is 5. The van der Waals surface area contributed by atoms with Gasteiger partial charge in [0, 0.05) is 5.69 Å².